The lowest BCUT2D eigenvalue weighted by Crippen LogP contribution is -1.96. The Labute approximate surface area is 57.5 Å². The van der Waals surface area contributed by atoms with Crippen LogP contribution in [0.3, 0.4) is 0 Å². The van der Waals surface area contributed by atoms with Crippen LogP contribution in [0, 0.1) is 0 Å². The molecule has 0 aromatic heterocycles. The van der Waals surface area contributed by atoms with Gasteiger partial charge in [0, 0.05) is 12.8 Å². The second kappa shape index (κ2) is 4.30. The molecule has 0 unspecified atom stereocenters. The van der Waals surface area contributed by atoms with Crippen LogP contribution in [-0.4, -0.2) is 12.8 Å². The lowest BCUT2D eigenvalue weighted by Gasteiger charge is -1.99. The number of allylic oxidation sites excluding steroid dienone is 2. The monoisotopic (exact) mass is 125 g/mol. The van der Waals surface area contributed by atoms with Crippen LogP contribution in [0.2, 0.25) is 0 Å². The first kappa shape index (κ1) is 8.41. The first-order chi connectivity index (χ1) is 4.26. The van der Waals surface area contributed by atoms with Crippen LogP contribution in [0.15, 0.2) is 16.6 Å². The lowest BCUT2D eigenvalue weighted by molar-refractivity contribution is 1.23. The Bertz CT molecular complexity index is 132. The third-order valence-electron chi connectivity index (χ3n) is 1.49. The SMILES string of the molecule is C/C=C(/C)C(CC)=NC. The zero-order valence-corrected chi connectivity index (χ0v) is 6.73. The molecule has 0 amide bonds. The van der Waals surface area contributed by atoms with Gasteiger partial charge in [0.2, 0.25) is 0 Å². The fourth-order valence-corrected chi connectivity index (χ4v) is 0.780. The van der Waals surface area contributed by atoms with E-state index in [1.807, 2.05) is 14.0 Å². The number of aliphatic imine (C=N–C) groups is 1. The van der Waals surface area contributed by atoms with Gasteiger partial charge in [-0.25, -0.2) is 0 Å². The molecule has 0 saturated heterocycles. The highest BCUT2D eigenvalue weighted by Gasteiger charge is 1.93. The van der Waals surface area contributed by atoms with E-state index < -0.39 is 0 Å². The second-order valence-corrected chi connectivity index (χ2v) is 2.00. The van der Waals surface area contributed by atoms with E-state index >= 15 is 0 Å². The van der Waals surface area contributed by atoms with Crippen molar-refractivity contribution >= 4 is 5.71 Å². The molecule has 1 heteroatoms. The highest BCUT2D eigenvalue weighted by Crippen LogP contribution is 1.99. The highest BCUT2D eigenvalue weighted by atomic mass is 14.7. The van der Waals surface area contributed by atoms with Crippen LogP contribution in [0.5, 0.6) is 0 Å². The van der Waals surface area contributed by atoms with Gasteiger partial charge in [0.15, 0.2) is 0 Å². The van der Waals surface area contributed by atoms with Crippen molar-refractivity contribution in [3.8, 4) is 0 Å². The van der Waals surface area contributed by atoms with E-state index in [9.17, 15) is 0 Å². The summed E-state index contributed by atoms with van der Waals surface area (Å²) in [5.74, 6) is 0. The van der Waals surface area contributed by atoms with Crippen molar-refractivity contribution in [2.45, 2.75) is 27.2 Å². The smallest absolute Gasteiger partial charge is 0.0367 e. The fourth-order valence-electron chi connectivity index (χ4n) is 0.780. The Hall–Kier alpha value is -0.590. The average molecular weight is 125 g/mol. The van der Waals surface area contributed by atoms with Crippen LogP contribution < -0.4 is 0 Å². The van der Waals surface area contributed by atoms with Crippen LogP contribution in [0.1, 0.15) is 27.2 Å². The van der Waals surface area contributed by atoms with Crippen LogP contribution in [0.4, 0.5) is 0 Å². The predicted octanol–water partition coefficient (Wildman–Crippen LogP) is 2.43. The van der Waals surface area contributed by atoms with E-state index in [0.29, 0.717) is 0 Å². The molecule has 0 aromatic carbocycles. The zero-order chi connectivity index (χ0) is 7.28. The third kappa shape index (κ3) is 2.45. The second-order valence-electron chi connectivity index (χ2n) is 2.00. The Morgan fingerprint density at radius 1 is 1.56 bits per heavy atom. The third-order valence-corrected chi connectivity index (χ3v) is 1.49. The first-order valence-corrected chi connectivity index (χ1v) is 3.35. The Kier molecular flexibility index (Phi) is 4.02. The van der Waals surface area contributed by atoms with Gasteiger partial charge in [0.05, 0.1) is 0 Å². The van der Waals surface area contributed by atoms with Crippen molar-refractivity contribution in [3.05, 3.63) is 11.6 Å². The van der Waals surface area contributed by atoms with Gasteiger partial charge >= 0.3 is 0 Å². The van der Waals surface area contributed by atoms with Crippen molar-refractivity contribution in [2.24, 2.45) is 4.99 Å². The van der Waals surface area contributed by atoms with E-state index in [4.69, 9.17) is 0 Å². The van der Waals surface area contributed by atoms with Gasteiger partial charge in [0.25, 0.3) is 0 Å². The summed E-state index contributed by atoms with van der Waals surface area (Å²) in [5.41, 5.74) is 2.50. The molecule has 0 aromatic rings. The summed E-state index contributed by atoms with van der Waals surface area (Å²) in [5, 5.41) is 0. The van der Waals surface area contributed by atoms with E-state index in [0.717, 1.165) is 6.42 Å². The molecule has 0 fully saturated rings. The summed E-state index contributed by atoms with van der Waals surface area (Å²) in [4.78, 5) is 4.13. The van der Waals surface area contributed by atoms with Gasteiger partial charge in [-0.15, -0.1) is 0 Å². The molecule has 0 radical (unpaired) electrons. The molecule has 0 aliphatic heterocycles. The minimum absolute atomic E-state index is 1.03. The minimum atomic E-state index is 1.03. The standard InChI is InChI=1S/C8H15N/c1-5-7(3)8(6-2)9-4/h5H,6H2,1-4H3/b7-5-,9-8?. The summed E-state index contributed by atoms with van der Waals surface area (Å²) >= 11 is 0. The van der Waals surface area contributed by atoms with Gasteiger partial charge in [-0.1, -0.05) is 13.0 Å². The van der Waals surface area contributed by atoms with Crippen molar-refractivity contribution in [1.29, 1.82) is 0 Å². The molecule has 52 valence electrons. The van der Waals surface area contributed by atoms with Crippen molar-refractivity contribution < 1.29 is 0 Å². The van der Waals surface area contributed by atoms with Gasteiger partial charge in [-0.05, 0) is 25.8 Å². The Morgan fingerprint density at radius 3 is 2.22 bits per heavy atom. The summed E-state index contributed by atoms with van der Waals surface area (Å²) in [7, 11) is 1.84. The van der Waals surface area contributed by atoms with E-state index in [1.165, 1.54) is 11.3 Å². The van der Waals surface area contributed by atoms with Crippen molar-refractivity contribution in [1.82, 2.24) is 0 Å². The molecular formula is C8H15N. The van der Waals surface area contributed by atoms with Gasteiger partial charge in [0.1, 0.15) is 0 Å². The molecule has 0 saturated carbocycles. The van der Waals surface area contributed by atoms with Crippen molar-refractivity contribution in [2.75, 3.05) is 7.05 Å². The van der Waals surface area contributed by atoms with Gasteiger partial charge in [-0.2, -0.15) is 0 Å². The molecule has 0 aliphatic carbocycles. The predicted molar refractivity (Wildman–Crippen MR) is 43.1 cm³/mol. The van der Waals surface area contributed by atoms with Crippen LogP contribution in [0.25, 0.3) is 0 Å². The normalized spacial score (nSPS) is 14.2. The average Bonchev–Trinajstić information content (AvgIpc) is 1.90. The first-order valence-electron chi connectivity index (χ1n) is 3.35. The van der Waals surface area contributed by atoms with Crippen LogP contribution >= 0.6 is 0 Å². The highest BCUT2D eigenvalue weighted by molar-refractivity contribution is 5.99. The number of hydrogen-bond donors (Lipinski definition) is 0. The molecule has 9 heavy (non-hydrogen) atoms. The van der Waals surface area contributed by atoms with Gasteiger partial charge in [-0.3, -0.25) is 4.99 Å². The molecule has 0 atom stereocenters. The number of hydrogen-bond acceptors (Lipinski definition) is 1. The number of nitrogens with zero attached hydrogens (tertiary/aromatic N) is 1. The molecule has 0 aliphatic rings. The minimum Gasteiger partial charge on any atom is -0.293 e. The molecule has 0 N–H and O–H groups in total. The molecule has 0 rings (SSSR count). The summed E-state index contributed by atoms with van der Waals surface area (Å²) in [6, 6.07) is 0. The van der Waals surface area contributed by atoms with E-state index in [-0.39, 0.29) is 0 Å². The van der Waals surface area contributed by atoms with Crippen molar-refractivity contribution in [3.63, 3.8) is 0 Å². The number of rotatable bonds is 2. The molecule has 0 heterocycles. The lowest BCUT2D eigenvalue weighted by atomic mass is 10.1. The van der Waals surface area contributed by atoms with Gasteiger partial charge < -0.3 is 0 Å². The Balaban J connectivity index is 4.14. The summed E-state index contributed by atoms with van der Waals surface area (Å²) < 4.78 is 0. The maximum atomic E-state index is 4.13. The largest absolute Gasteiger partial charge is 0.293 e. The molecular weight excluding hydrogens is 110 g/mol. The van der Waals surface area contributed by atoms with Crippen LogP contribution in [-0.2, 0) is 0 Å². The molecule has 0 spiro atoms. The quantitative estimate of drug-likeness (QED) is 0.503. The molecule has 1 nitrogen and oxygen atoms in total. The zero-order valence-electron chi connectivity index (χ0n) is 6.73. The maximum Gasteiger partial charge on any atom is 0.0367 e. The summed E-state index contributed by atoms with van der Waals surface area (Å²) in [6.07, 6.45) is 3.12. The molecule has 0 bridgehead atoms. The Morgan fingerprint density at radius 2 is 2.11 bits per heavy atom. The topological polar surface area (TPSA) is 12.4 Å². The van der Waals surface area contributed by atoms with E-state index in [1.54, 1.807) is 0 Å². The maximum absolute atomic E-state index is 4.13. The fraction of sp³-hybridized carbons (Fsp3) is 0.625. The summed E-state index contributed by atoms with van der Waals surface area (Å²) in [6.45, 7) is 6.25. The van der Waals surface area contributed by atoms with E-state index in [2.05, 4.69) is 24.9 Å².